The first kappa shape index (κ1) is 13.5. The zero-order chi connectivity index (χ0) is 13.8. The van der Waals surface area contributed by atoms with Crippen LogP contribution in [0.5, 0.6) is 5.75 Å². The van der Waals surface area contributed by atoms with Gasteiger partial charge in [-0.2, -0.15) is 4.98 Å². The molecule has 0 spiro atoms. The van der Waals surface area contributed by atoms with E-state index >= 15 is 0 Å². The highest BCUT2D eigenvalue weighted by molar-refractivity contribution is 5.56. The van der Waals surface area contributed by atoms with Crippen LogP contribution < -0.4 is 10.5 Å². The zero-order valence-electron chi connectivity index (χ0n) is 11.5. The number of hydrogen-bond donors (Lipinski definition) is 1. The maximum atomic E-state index is 6.02. The number of hydrogen-bond acceptors (Lipinski definition) is 5. The van der Waals surface area contributed by atoms with Crippen LogP contribution in [-0.2, 0) is 0 Å². The Morgan fingerprint density at radius 1 is 1.37 bits per heavy atom. The van der Waals surface area contributed by atoms with E-state index in [1.807, 2.05) is 24.3 Å². The topological polar surface area (TPSA) is 74.2 Å². The molecule has 0 fully saturated rings. The number of aromatic nitrogens is 2. The number of ether oxygens (including phenoxy) is 1. The molecular weight excluding hydrogens is 242 g/mol. The van der Waals surface area contributed by atoms with E-state index in [1.54, 1.807) is 7.11 Å². The largest absolute Gasteiger partial charge is 0.497 e. The fourth-order valence-corrected chi connectivity index (χ4v) is 1.87. The summed E-state index contributed by atoms with van der Waals surface area (Å²) in [4.78, 5) is 4.35. The third-order valence-corrected chi connectivity index (χ3v) is 2.81. The third kappa shape index (κ3) is 3.32. The van der Waals surface area contributed by atoms with Crippen molar-refractivity contribution in [1.29, 1.82) is 0 Å². The van der Waals surface area contributed by atoms with Crippen molar-refractivity contribution >= 4 is 0 Å². The quantitative estimate of drug-likeness (QED) is 0.895. The summed E-state index contributed by atoms with van der Waals surface area (Å²) in [5.74, 6) is 2.26. The van der Waals surface area contributed by atoms with Crippen LogP contribution in [0.2, 0.25) is 0 Å². The number of nitrogens with zero attached hydrogens (tertiary/aromatic N) is 2. The molecule has 0 aliphatic heterocycles. The summed E-state index contributed by atoms with van der Waals surface area (Å²) < 4.78 is 10.4. The Kier molecular flexibility index (Phi) is 4.16. The molecule has 1 unspecified atom stereocenters. The van der Waals surface area contributed by atoms with E-state index in [0.717, 1.165) is 17.7 Å². The molecule has 19 heavy (non-hydrogen) atoms. The van der Waals surface area contributed by atoms with Crippen molar-refractivity contribution < 1.29 is 9.26 Å². The van der Waals surface area contributed by atoms with Crippen molar-refractivity contribution in [3.05, 3.63) is 30.2 Å². The second-order valence-electron chi connectivity index (χ2n) is 4.92. The van der Waals surface area contributed by atoms with Gasteiger partial charge in [-0.25, -0.2) is 0 Å². The summed E-state index contributed by atoms with van der Waals surface area (Å²) in [7, 11) is 1.62. The Morgan fingerprint density at radius 2 is 2.16 bits per heavy atom. The highest BCUT2D eigenvalue weighted by atomic mass is 16.5. The molecule has 102 valence electrons. The van der Waals surface area contributed by atoms with Gasteiger partial charge in [0.1, 0.15) is 5.75 Å². The van der Waals surface area contributed by atoms with Gasteiger partial charge in [0.2, 0.25) is 11.7 Å². The van der Waals surface area contributed by atoms with E-state index in [2.05, 4.69) is 24.0 Å². The monoisotopic (exact) mass is 261 g/mol. The highest BCUT2D eigenvalue weighted by Gasteiger charge is 2.17. The first-order valence-corrected chi connectivity index (χ1v) is 6.33. The molecule has 2 aromatic rings. The predicted molar refractivity (Wildman–Crippen MR) is 72.7 cm³/mol. The average molecular weight is 261 g/mol. The highest BCUT2D eigenvalue weighted by Crippen LogP contribution is 2.23. The van der Waals surface area contributed by atoms with E-state index in [4.69, 9.17) is 15.0 Å². The van der Waals surface area contributed by atoms with Crippen molar-refractivity contribution in [2.75, 3.05) is 7.11 Å². The molecule has 0 saturated carbocycles. The van der Waals surface area contributed by atoms with Gasteiger partial charge in [-0.15, -0.1) is 0 Å². The smallest absolute Gasteiger partial charge is 0.243 e. The van der Waals surface area contributed by atoms with Gasteiger partial charge in [0, 0.05) is 5.56 Å². The van der Waals surface area contributed by atoms with E-state index in [9.17, 15) is 0 Å². The first-order valence-electron chi connectivity index (χ1n) is 6.33. The predicted octanol–water partition coefficient (Wildman–Crippen LogP) is 2.79. The second-order valence-corrected chi connectivity index (χ2v) is 4.92. The van der Waals surface area contributed by atoms with Crippen LogP contribution in [0.3, 0.4) is 0 Å². The molecule has 0 bridgehead atoms. The molecule has 0 amide bonds. The number of rotatable bonds is 5. The molecule has 0 aliphatic rings. The molecule has 1 aromatic heterocycles. The minimum atomic E-state index is -0.216. The molecular formula is C14H19N3O2. The minimum Gasteiger partial charge on any atom is -0.497 e. The molecule has 0 radical (unpaired) electrons. The third-order valence-electron chi connectivity index (χ3n) is 2.81. The van der Waals surface area contributed by atoms with Gasteiger partial charge < -0.3 is 15.0 Å². The second kappa shape index (κ2) is 5.84. The van der Waals surface area contributed by atoms with Crippen molar-refractivity contribution in [3.63, 3.8) is 0 Å². The SMILES string of the molecule is COc1cccc(-c2noc(C(N)CC(C)C)n2)c1. The summed E-state index contributed by atoms with van der Waals surface area (Å²) in [5, 5.41) is 3.97. The van der Waals surface area contributed by atoms with E-state index in [-0.39, 0.29) is 6.04 Å². The Morgan fingerprint density at radius 3 is 2.84 bits per heavy atom. The normalized spacial score (nSPS) is 12.7. The molecule has 1 heterocycles. The van der Waals surface area contributed by atoms with Gasteiger partial charge in [-0.05, 0) is 24.5 Å². The molecule has 5 heteroatoms. The maximum Gasteiger partial charge on any atom is 0.243 e. The van der Waals surface area contributed by atoms with Crippen molar-refractivity contribution in [2.45, 2.75) is 26.3 Å². The first-order chi connectivity index (χ1) is 9.10. The molecule has 1 aromatic carbocycles. The summed E-state index contributed by atoms with van der Waals surface area (Å²) in [6.07, 6.45) is 0.819. The van der Waals surface area contributed by atoms with Crippen LogP contribution in [0.1, 0.15) is 32.2 Å². The Labute approximate surface area is 112 Å². The van der Waals surface area contributed by atoms with Gasteiger partial charge >= 0.3 is 0 Å². The number of methoxy groups -OCH3 is 1. The Bertz CT molecular complexity index is 537. The van der Waals surface area contributed by atoms with Crippen LogP contribution >= 0.6 is 0 Å². The van der Waals surface area contributed by atoms with Gasteiger partial charge in [-0.1, -0.05) is 31.1 Å². The molecule has 2 N–H and O–H groups in total. The average Bonchev–Trinajstić information content (AvgIpc) is 2.88. The van der Waals surface area contributed by atoms with Gasteiger partial charge in [0.25, 0.3) is 0 Å². The van der Waals surface area contributed by atoms with Gasteiger partial charge in [0.15, 0.2) is 0 Å². The maximum absolute atomic E-state index is 6.02. The lowest BCUT2D eigenvalue weighted by Crippen LogP contribution is -2.13. The fraction of sp³-hybridized carbons (Fsp3) is 0.429. The number of benzene rings is 1. The standard InChI is InChI=1S/C14H19N3O2/c1-9(2)7-12(15)14-16-13(17-19-14)10-5-4-6-11(8-10)18-3/h4-6,8-9,12H,7,15H2,1-3H3. The van der Waals surface area contributed by atoms with E-state index in [0.29, 0.717) is 17.6 Å². The van der Waals surface area contributed by atoms with Crippen molar-refractivity contribution in [3.8, 4) is 17.1 Å². The fourth-order valence-electron chi connectivity index (χ4n) is 1.87. The minimum absolute atomic E-state index is 0.216. The molecule has 1 atom stereocenters. The summed E-state index contributed by atoms with van der Waals surface area (Å²) in [6, 6.07) is 7.31. The lowest BCUT2D eigenvalue weighted by atomic mass is 10.0. The molecule has 0 saturated heterocycles. The van der Waals surface area contributed by atoms with Gasteiger partial charge in [-0.3, -0.25) is 0 Å². The van der Waals surface area contributed by atoms with Crippen molar-refractivity contribution in [1.82, 2.24) is 10.1 Å². The summed E-state index contributed by atoms with van der Waals surface area (Å²) in [6.45, 7) is 4.22. The van der Waals surface area contributed by atoms with Crippen molar-refractivity contribution in [2.24, 2.45) is 11.7 Å². The Balaban J connectivity index is 2.20. The zero-order valence-corrected chi connectivity index (χ0v) is 11.5. The lowest BCUT2D eigenvalue weighted by molar-refractivity contribution is 0.335. The molecule has 5 nitrogen and oxygen atoms in total. The van der Waals surface area contributed by atoms with Crippen LogP contribution in [0.4, 0.5) is 0 Å². The Hall–Kier alpha value is -1.88. The van der Waals surface area contributed by atoms with Crippen LogP contribution in [-0.4, -0.2) is 17.3 Å². The summed E-state index contributed by atoms with van der Waals surface area (Å²) >= 11 is 0. The summed E-state index contributed by atoms with van der Waals surface area (Å²) in [5.41, 5.74) is 6.88. The van der Waals surface area contributed by atoms with Crippen LogP contribution in [0, 0.1) is 5.92 Å². The van der Waals surface area contributed by atoms with Crippen LogP contribution in [0.15, 0.2) is 28.8 Å². The molecule has 2 rings (SSSR count). The van der Waals surface area contributed by atoms with Crippen LogP contribution in [0.25, 0.3) is 11.4 Å². The lowest BCUT2D eigenvalue weighted by Gasteiger charge is -2.08. The van der Waals surface area contributed by atoms with E-state index in [1.165, 1.54) is 0 Å². The molecule has 0 aliphatic carbocycles. The van der Waals surface area contributed by atoms with E-state index < -0.39 is 0 Å². The van der Waals surface area contributed by atoms with Gasteiger partial charge in [0.05, 0.1) is 13.2 Å². The number of nitrogens with two attached hydrogens (primary N) is 1.